The van der Waals surface area contributed by atoms with Crippen molar-refractivity contribution in [2.45, 2.75) is 6.92 Å². The molecule has 2 rings (SSSR count). The summed E-state index contributed by atoms with van der Waals surface area (Å²) in [5, 5.41) is 0. The van der Waals surface area contributed by atoms with Crippen LogP contribution in [-0.2, 0) is 0 Å². The smallest absolute Gasteiger partial charge is 0.0242 e. The predicted molar refractivity (Wildman–Crippen MR) is 65.6 cm³/mol. The van der Waals surface area contributed by atoms with Gasteiger partial charge >= 0.3 is 0 Å². The van der Waals surface area contributed by atoms with Gasteiger partial charge in [0.2, 0.25) is 0 Å². The summed E-state index contributed by atoms with van der Waals surface area (Å²) in [6, 6.07) is 19.9. The fourth-order valence-corrected chi connectivity index (χ4v) is 1.07. The van der Waals surface area contributed by atoms with E-state index in [0.29, 0.717) is 0 Å². The molecule has 0 saturated heterocycles. The molecule has 0 saturated carbocycles. The van der Waals surface area contributed by atoms with Crippen LogP contribution in [0.1, 0.15) is 11.1 Å². The number of terminal acetylenes is 1. The second-order valence-corrected chi connectivity index (χ2v) is 3.17. The largest absolute Gasteiger partial charge is 0.115 e. The molecule has 0 heterocycles. The van der Waals surface area contributed by atoms with Crippen LogP contribution in [0.5, 0.6) is 0 Å². The van der Waals surface area contributed by atoms with Crippen molar-refractivity contribution in [3.05, 3.63) is 71.8 Å². The summed E-state index contributed by atoms with van der Waals surface area (Å²) >= 11 is 0. The van der Waals surface area contributed by atoms with Crippen molar-refractivity contribution < 1.29 is 0 Å². The maximum absolute atomic E-state index is 5.10. The molecule has 0 unspecified atom stereocenters. The second-order valence-electron chi connectivity index (χ2n) is 3.17. The summed E-state index contributed by atoms with van der Waals surface area (Å²) in [6.45, 7) is 2.08. The third-order valence-corrected chi connectivity index (χ3v) is 1.88. The van der Waals surface area contributed by atoms with Crippen LogP contribution in [0.15, 0.2) is 60.7 Å². The van der Waals surface area contributed by atoms with Gasteiger partial charge < -0.3 is 0 Å². The van der Waals surface area contributed by atoms with Crippen LogP contribution in [-0.4, -0.2) is 0 Å². The minimum atomic E-state index is 0.938. The Morgan fingerprint density at radius 2 is 1.27 bits per heavy atom. The summed E-state index contributed by atoms with van der Waals surface area (Å²) < 4.78 is 0. The highest BCUT2D eigenvalue weighted by atomic mass is 13.8. The van der Waals surface area contributed by atoms with E-state index in [1.54, 1.807) is 0 Å². The van der Waals surface area contributed by atoms with Gasteiger partial charge in [-0.05, 0) is 19.1 Å². The maximum atomic E-state index is 5.10. The molecule has 0 radical (unpaired) electrons. The molecule has 0 fully saturated rings. The molecule has 0 spiro atoms. The summed E-state index contributed by atoms with van der Waals surface area (Å²) in [5.41, 5.74) is 2.26. The Bertz CT molecular complexity index is 407. The third kappa shape index (κ3) is 4.69. The van der Waals surface area contributed by atoms with Crippen molar-refractivity contribution >= 4 is 0 Å². The van der Waals surface area contributed by atoms with Crippen molar-refractivity contribution in [3.63, 3.8) is 0 Å². The van der Waals surface area contributed by atoms with E-state index in [4.69, 9.17) is 6.42 Å². The first-order valence-electron chi connectivity index (χ1n) is 4.86. The van der Waals surface area contributed by atoms with Crippen LogP contribution in [0.4, 0.5) is 0 Å². The van der Waals surface area contributed by atoms with Gasteiger partial charge in [0.05, 0.1) is 0 Å². The molecule has 0 N–H and O–H groups in total. The quantitative estimate of drug-likeness (QED) is 0.561. The van der Waals surface area contributed by atoms with Gasteiger partial charge in [0.1, 0.15) is 0 Å². The molecular weight excluding hydrogens is 180 g/mol. The first-order valence-corrected chi connectivity index (χ1v) is 4.86. The minimum absolute atomic E-state index is 0.938. The van der Waals surface area contributed by atoms with E-state index in [9.17, 15) is 0 Å². The number of benzene rings is 2. The molecule has 0 aromatic heterocycles. The lowest BCUT2D eigenvalue weighted by molar-refractivity contribution is 1.48. The highest BCUT2D eigenvalue weighted by molar-refractivity contribution is 5.30. The summed E-state index contributed by atoms with van der Waals surface area (Å²) in [6.07, 6.45) is 5.10. The van der Waals surface area contributed by atoms with E-state index in [2.05, 4.69) is 25.0 Å². The zero-order valence-corrected chi connectivity index (χ0v) is 8.85. The number of hydrogen-bond acceptors (Lipinski definition) is 0. The Morgan fingerprint density at radius 1 is 0.800 bits per heavy atom. The molecule has 15 heavy (non-hydrogen) atoms. The van der Waals surface area contributed by atoms with Gasteiger partial charge in [-0.3, -0.25) is 0 Å². The van der Waals surface area contributed by atoms with E-state index in [0.717, 1.165) is 5.56 Å². The zero-order valence-electron chi connectivity index (χ0n) is 8.85. The average Bonchev–Trinajstić information content (AvgIpc) is 2.32. The second kappa shape index (κ2) is 6.45. The number of hydrogen-bond donors (Lipinski definition) is 0. The molecule has 0 aliphatic heterocycles. The molecule has 0 atom stereocenters. The van der Waals surface area contributed by atoms with Crippen LogP contribution >= 0.6 is 0 Å². The fourth-order valence-electron chi connectivity index (χ4n) is 1.07. The molecule has 0 heteroatoms. The van der Waals surface area contributed by atoms with Gasteiger partial charge in [0.25, 0.3) is 0 Å². The standard InChI is InChI=1S/C8H6.C7H8/c1-2-8-6-4-3-5-7-8;1-7-5-3-2-4-6-7/h1,3-7H;2-6H,1H3. The van der Waals surface area contributed by atoms with Crippen molar-refractivity contribution in [2.24, 2.45) is 0 Å². The van der Waals surface area contributed by atoms with E-state index in [-0.39, 0.29) is 0 Å². The zero-order chi connectivity index (χ0) is 10.9. The van der Waals surface area contributed by atoms with E-state index in [1.165, 1.54) is 5.56 Å². The molecule has 0 aliphatic rings. The molecule has 0 amide bonds. The van der Waals surface area contributed by atoms with E-state index in [1.807, 2.05) is 48.5 Å². The minimum Gasteiger partial charge on any atom is -0.115 e. The van der Waals surface area contributed by atoms with Gasteiger partial charge in [0, 0.05) is 5.56 Å². The predicted octanol–water partition coefficient (Wildman–Crippen LogP) is 3.66. The molecule has 74 valence electrons. The Hall–Kier alpha value is -2.00. The highest BCUT2D eigenvalue weighted by Crippen LogP contribution is 1.93. The monoisotopic (exact) mass is 194 g/mol. The van der Waals surface area contributed by atoms with Crippen molar-refractivity contribution in [2.75, 3.05) is 0 Å². The Kier molecular flexibility index (Phi) is 4.77. The maximum Gasteiger partial charge on any atom is 0.0242 e. The van der Waals surface area contributed by atoms with Crippen molar-refractivity contribution in [1.29, 1.82) is 0 Å². The highest BCUT2D eigenvalue weighted by Gasteiger charge is 1.76. The molecule has 2 aromatic carbocycles. The Balaban J connectivity index is 0.000000151. The molecule has 0 bridgehead atoms. The van der Waals surface area contributed by atoms with Gasteiger partial charge in [-0.25, -0.2) is 0 Å². The molecule has 2 aromatic rings. The van der Waals surface area contributed by atoms with Gasteiger partial charge in [-0.2, -0.15) is 0 Å². The average molecular weight is 194 g/mol. The Morgan fingerprint density at radius 3 is 1.53 bits per heavy atom. The molecule has 0 aliphatic carbocycles. The van der Waals surface area contributed by atoms with Gasteiger partial charge in [0.15, 0.2) is 0 Å². The Labute approximate surface area is 91.6 Å². The molecular formula is C15H14. The molecule has 0 nitrogen and oxygen atoms in total. The first kappa shape index (κ1) is 11.1. The number of aryl methyl sites for hydroxylation is 1. The van der Waals surface area contributed by atoms with Crippen molar-refractivity contribution in [1.82, 2.24) is 0 Å². The lowest BCUT2D eigenvalue weighted by Crippen LogP contribution is -1.66. The van der Waals surface area contributed by atoms with Crippen LogP contribution < -0.4 is 0 Å². The van der Waals surface area contributed by atoms with Crippen LogP contribution in [0.2, 0.25) is 0 Å². The SMILES string of the molecule is C#Cc1ccccc1.Cc1ccccc1. The van der Waals surface area contributed by atoms with E-state index < -0.39 is 0 Å². The van der Waals surface area contributed by atoms with Crippen LogP contribution in [0.25, 0.3) is 0 Å². The third-order valence-electron chi connectivity index (χ3n) is 1.88. The van der Waals surface area contributed by atoms with E-state index >= 15 is 0 Å². The summed E-state index contributed by atoms with van der Waals surface area (Å²) in [4.78, 5) is 0. The van der Waals surface area contributed by atoms with Crippen LogP contribution in [0, 0.1) is 19.3 Å². The number of rotatable bonds is 0. The first-order chi connectivity index (χ1) is 7.33. The van der Waals surface area contributed by atoms with Crippen LogP contribution in [0.3, 0.4) is 0 Å². The lowest BCUT2D eigenvalue weighted by atomic mass is 10.2. The van der Waals surface area contributed by atoms with Crippen molar-refractivity contribution in [3.8, 4) is 12.3 Å². The summed E-state index contributed by atoms with van der Waals surface area (Å²) in [5.74, 6) is 2.53. The fraction of sp³-hybridized carbons (Fsp3) is 0.0667. The topological polar surface area (TPSA) is 0 Å². The van der Waals surface area contributed by atoms with Gasteiger partial charge in [-0.1, -0.05) is 60.0 Å². The summed E-state index contributed by atoms with van der Waals surface area (Å²) in [7, 11) is 0. The normalized spacial score (nSPS) is 8.27. The lowest BCUT2D eigenvalue weighted by Gasteiger charge is -1.82. The van der Waals surface area contributed by atoms with Gasteiger partial charge in [-0.15, -0.1) is 6.42 Å².